The number of nitrogen functional groups attached to an aromatic ring is 1. The van der Waals surface area contributed by atoms with Gasteiger partial charge in [0.05, 0.1) is 24.0 Å². The predicted octanol–water partition coefficient (Wildman–Crippen LogP) is 1.23. The Morgan fingerprint density at radius 3 is 2.93 bits per heavy atom. The molecule has 2 rings (SSSR count). The van der Waals surface area contributed by atoms with Gasteiger partial charge in [-0.2, -0.15) is 0 Å². The topological polar surface area (TPSA) is 49.5 Å². The summed E-state index contributed by atoms with van der Waals surface area (Å²) in [6.07, 6.45) is 2.20. The second-order valence-corrected chi connectivity index (χ2v) is 3.73. The lowest BCUT2D eigenvalue weighted by molar-refractivity contribution is 0.266. The van der Waals surface area contributed by atoms with Crippen LogP contribution < -0.4 is 10.6 Å². The molecule has 14 heavy (non-hydrogen) atoms. The summed E-state index contributed by atoms with van der Waals surface area (Å²) in [4.78, 5) is 2.20. The molecule has 3 heteroatoms. The molecule has 3 N–H and O–H groups in total. The van der Waals surface area contributed by atoms with Crippen LogP contribution in [-0.2, 0) is 0 Å². The van der Waals surface area contributed by atoms with Gasteiger partial charge < -0.3 is 15.7 Å². The summed E-state index contributed by atoms with van der Waals surface area (Å²) in [5.41, 5.74) is 7.75. The maximum atomic E-state index is 9.21. The summed E-state index contributed by atoms with van der Waals surface area (Å²) in [6.45, 7) is 1.22. The van der Waals surface area contributed by atoms with Crippen molar-refractivity contribution >= 4 is 11.4 Å². The summed E-state index contributed by atoms with van der Waals surface area (Å²) < 4.78 is 0. The standard InChI is InChI=1S/C11H16N2O/c12-10-5-1-2-6-11(10)13-7-3-4-9(13)8-14/h1-2,5-6,9,14H,3-4,7-8,12H2. The molecule has 0 saturated carbocycles. The Balaban J connectivity index is 2.26. The van der Waals surface area contributed by atoms with Gasteiger partial charge in [-0.05, 0) is 25.0 Å². The molecule has 1 aromatic carbocycles. The fourth-order valence-electron chi connectivity index (χ4n) is 2.09. The van der Waals surface area contributed by atoms with Crippen molar-refractivity contribution in [2.45, 2.75) is 18.9 Å². The molecule has 1 aromatic rings. The zero-order chi connectivity index (χ0) is 9.97. The Morgan fingerprint density at radius 1 is 1.43 bits per heavy atom. The highest BCUT2D eigenvalue weighted by atomic mass is 16.3. The number of anilines is 2. The number of hydrogen-bond acceptors (Lipinski definition) is 3. The molecule has 1 atom stereocenters. The van der Waals surface area contributed by atoms with E-state index >= 15 is 0 Å². The number of para-hydroxylation sites is 2. The Kier molecular flexibility index (Phi) is 2.59. The molecule has 1 saturated heterocycles. The van der Waals surface area contributed by atoms with Gasteiger partial charge in [0.2, 0.25) is 0 Å². The van der Waals surface area contributed by atoms with E-state index in [1.54, 1.807) is 0 Å². The van der Waals surface area contributed by atoms with E-state index in [2.05, 4.69) is 4.90 Å². The monoisotopic (exact) mass is 192 g/mol. The first-order valence-electron chi connectivity index (χ1n) is 5.05. The molecule has 1 aliphatic heterocycles. The molecule has 0 spiro atoms. The third-order valence-electron chi connectivity index (χ3n) is 2.83. The molecule has 0 aliphatic carbocycles. The number of rotatable bonds is 2. The summed E-state index contributed by atoms with van der Waals surface area (Å²) in [5, 5.41) is 9.21. The Hall–Kier alpha value is -1.22. The summed E-state index contributed by atoms with van der Waals surface area (Å²) >= 11 is 0. The van der Waals surface area contributed by atoms with Crippen LogP contribution in [0.3, 0.4) is 0 Å². The first kappa shape index (κ1) is 9.34. The molecule has 0 bridgehead atoms. The molecular formula is C11H16N2O. The van der Waals surface area contributed by atoms with Crippen LogP contribution in [0.5, 0.6) is 0 Å². The highest BCUT2D eigenvalue weighted by molar-refractivity contribution is 5.68. The van der Waals surface area contributed by atoms with Gasteiger partial charge in [-0.1, -0.05) is 12.1 Å². The van der Waals surface area contributed by atoms with Gasteiger partial charge >= 0.3 is 0 Å². The number of nitrogens with zero attached hydrogens (tertiary/aromatic N) is 1. The lowest BCUT2D eigenvalue weighted by Gasteiger charge is -2.26. The first-order valence-corrected chi connectivity index (χ1v) is 5.05. The molecule has 1 heterocycles. The summed E-state index contributed by atoms with van der Waals surface area (Å²) in [5.74, 6) is 0. The van der Waals surface area contributed by atoms with Crippen LogP contribution in [0.4, 0.5) is 11.4 Å². The molecular weight excluding hydrogens is 176 g/mol. The smallest absolute Gasteiger partial charge is 0.0635 e. The molecule has 0 aromatic heterocycles. The third-order valence-corrected chi connectivity index (χ3v) is 2.83. The maximum Gasteiger partial charge on any atom is 0.0635 e. The number of hydrogen-bond donors (Lipinski definition) is 2. The zero-order valence-corrected chi connectivity index (χ0v) is 8.19. The molecule has 1 aliphatic rings. The quantitative estimate of drug-likeness (QED) is 0.693. The van der Waals surface area contributed by atoms with Gasteiger partial charge in [-0.25, -0.2) is 0 Å². The van der Waals surface area contributed by atoms with E-state index in [1.165, 1.54) is 0 Å². The van der Waals surface area contributed by atoms with Crippen molar-refractivity contribution < 1.29 is 5.11 Å². The normalized spacial score (nSPS) is 21.5. The van der Waals surface area contributed by atoms with Crippen molar-refractivity contribution in [2.75, 3.05) is 23.8 Å². The van der Waals surface area contributed by atoms with Gasteiger partial charge in [0.1, 0.15) is 0 Å². The van der Waals surface area contributed by atoms with Crippen molar-refractivity contribution in [2.24, 2.45) is 0 Å². The van der Waals surface area contributed by atoms with E-state index in [-0.39, 0.29) is 12.6 Å². The molecule has 76 valence electrons. The third kappa shape index (κ3) is 1.55. The minimum Gasteiger partial charge on any atom is -0.397 e. The minimum atomic E-state index is 0.217. The average molecular weight is 192 g/mol. The van der Waals surface area contributed by atoms with Gasteiger partial charge in [-0.15, -0.1) is 0 Å². The van der Waals surface area contributed by atoms with Gasteiger partial charge in [0.25, 0.3) is 0 Å². The fraction of sp³-hybridized carbons (Fsp3) is 0.455. The van der Waals surface area contributed by atoms with Crippen LogP contribution in [0.25, 0.3) is 0 Å². The molecule has 0 radical (unpaired) electrons. The lowest BCUT2D eigenvalue weighted by Crippen LogP contribution is -2.32. The van der Waals surface area contributed by atoms with E-state index < -0.39 is 0 Å². The van der Waals surface area contributed by atoms with Crippen molar-refractivity contribution in [3.05, 3.63) is 24.3 Å². The van der Waals surface area contributed by atoms with Crippen LogP contribution in [0, 0.1) is 0 Å². The van der Waals surface area contributed by atoms with Crippen molar-refractivity contribution in [1.82, 2.24) is 0 Å². The zero-order valence-electron chi connectivity index (χ0n) is 8.19. The molecule has 1 fully saturated rings. The van der Waals surface area contributed by atoms with Crippen LogP contribution in [0.15, 0.2) is 24.3 Å². The van der Waals surface area contributed by atoms with E-state index in [1.807, 2.05) is 24.3 Å². The maximum absolute atomic E-state index is 9.21. The first-order chi connectivity index (χ1) is 6.83. The highest BCUT2D eigenvalue weighted by Gasteiger charge is 2.24. The number of aliphatic hydroxyl groups excluding tert-OH is 1. The van der Waals surface area contributed by atoms with Crippen molar-refractivity contribution in [3.63, 3.8) is 0 Å². The molecule has 0 amide bonds. The van der Waals surface area contributed by atoms with E-state index in [4.69, 9.17) is 5.73 Å². The molecule has 1 unspecified atom stereocenters. The molecule has 3 nitrogen and oxygen atoms in total. The van der Waals surface area contributed by atoms with Crippen LogP contribution >= 0.6 is 0 Å². The minimum absolute atomic E-state index is 0.217. The van der Waals surface area contributed by atoms with Crippen LogP contribution in [0.2, 0.25) is 0 Å². The Bertz CT molecular complexity index is 314. The second-order valence-electron chi connectivity index (χ2n) is 3.73. The SMILES string of the molecule is Nc1ccccc1N1CCCC1CO. The van der Waals surface area contributed by atoms with E-state index in [9.17, 15) is 5.11 Å². The van der Waals surface area contributed by atoms with Gasteiger partial charge in [0, 0.05) is 6.54 Å². The van der Waals surface area contributed by atoms with E-state index in [0.717, 1.165) is 30.8 Å². The van der Waals surface area contributed by atoms with Crippen molar-refractivity contribution in [3.8, 4) is 0 Å². The predicted molar refractivity (Wildman–Crippen MR) is 58.3 cm³/mol. The summed E-state index contributed by atoms with van der Waals surface area (Å²) in [6, 6.07) is 8.09. The number of nitrogens with two attached hydrogens (primary N) is 1. The Labute approximate surface area is 84.1 Å². The number of aliphatic hydroxyl groups is 1. The second kappa shape index (κ2) is 3.88. The highest BCUT2D eigenvalue weighted by Crippen LogP contribution is 2.29. The number of benzene rings is 1. The average Bonchev–Trinajstić information content (AvgIpc) is 2.66. The van der Waals surface area contributed by atoms with Crippen LogP contribution in [0.1, 0.15) is 12.8 Å². The Morgan fingerprint density at radius 2 is 2.21 bits per heavy atom. The largest absolute Gasteiger partial charge is 0.397 e. The van der Waals surface area contributed by atoms with Gasteiger partial charge in [-0.3, -0.25) is 0 Å². The van der Waals surface area contributed by atoms with Crippen LogP contribution in [-0.4, -0.2) is 24.3 Å². The van der Waals surface area contributed by atoms with Crippen molar-refractivity contribution in [1.29, 1.82) is 0 Å². The summed E-state index contributed by atoms with van der Waals surface area (Å²) in [7, 11) is 0. The lowest BCUT2D eigenvalue weighted by atomic mass is 10.2. The van der Waals surface area contributed by atoms with E-state index in [0.29, 0.717) is 0 Å². The fourth-order valence-corrected chi connectivity index (χ4v) is 2.09. The van der Waals surface area contributed by atoms with Gasteiger partial charge in [0.15, 0.2) is 0 Å².